The quantitative estimate of drug-likeness (QED) is 0.831. The minimum atomic E-state index is -2.80. The van der Waals surface area contributed by atoms with Crippen LogP contribution in [0.1, 0.15) is 29.6 Å². The Bertz CT molecular complexity index is 622. The maximum absolute atomic E-state index is 13.1. The molecule has 2 N–H and O–H groups in total. The van der Waals surface area contributed by atoms with Gasteiger partial charge in [-0.1, -0.05) is 18.2 Å². The van der Waals surface area contributed by atoms with E-state index in [1.54, 1.807) is 12.1 Å². The molecule has 0 bridgehead atoms. The molecule has 0 spiro atoms. The maximum atomic E-state index is 13.1. The predicted molar refractivity (Wildman–Crippen MR) is 96.7 cm³/mol. The molecule has 3 rings (SSSR count). The number of carbonyl (C=O) groups excluding carboxylic acids is 2. The first-order valence-electron chi connectivity index (χ1n) is 8.68. The Kier molecular flexibility index (Phi) is 6.94. The maximum Gasteiger partial charge on any atom is 0.262 e. The normalized spacial score (nSPS) is 22.5. The first-order chi connectivity index (χ1) is 11.9. The minimum Gasteiger partial charge on any atom is -0.354 e. The third-order valence-corrected chi connectivity index (χ3v) is 4.91. The van der Waals surface area contributed by atoms with Gasteiger partial charge in [-0.3, -0.25) is 14.9 Å². The van der Waals surface area contributed by atoms with Crippen LogP contribution in [0.2, 0.25) is 0 Å². The van der Waals surface area contributed by atoms with Gasteiger partial charge in [-0.2, -0.15) is 0 Å². The Morgan fingerprint density at radius 2 is 1.85 bits per heavy atom. The third-order valence-electron chi connectivity index (χ3n) is 4.91. The number of rotatable bonds is 4. The van der Waals surface area contributed by atoms with Crippen LogP contribution in [0.5, 0.6) is 0 Å². The molecule has 2 saturated heterocycles. The number of nitrogens with one attached hydrogen (secondary N) is 2. The summed E-state index contributed by atoms with van der Waals surface area (Å²) in [4.78, 5) is 26.2. The van der Waals surface area contributed by atoms with Crippen LogP contribution in [0.3, 0.4) is 0 Å². The highest BCUT2D eigenvalue weighted by Gasteiger charge is 2.42. The fraction of sp³-hybridized carbons (Fsp3) is 0.556. The second-order valence-electron chi connectivity index (χ2n) is 6.84. The molecule has 1 aromatic rings. The zero-order valence-corrected chi connectivity index (χ0v) is 15.2. The van der Waals surface area contributed by atoms with Crippen LogP contribution in [0.4, 0.5) is 8.78 Å². The van der Waals surface area contributed by atoms with Crippen LogP contribution in [0.25, 0.3) is 0 Å². The number of piperidine rings is 1. The van der Waals surface area contributed by atoms with Gasteiger partial charge in [0.1, 0.15) is 0 Å². The van der Waals surface area contributed by atoms with Crippen LogP contribution in [-0.2, 0) is 4.79 Å². The van der Waals surface area contributed by atoms with Crippen LogP contribution in [0.15, 0.2) is 30.3 Å². The largest absolute Gasteiger partial charge is 0.354 e. The Morgan fingerprint density at radius 1 is 1.19 bits per heavy atom. The Hall–Kier alpha value is -1.73. The average Bonchev–Trinajstić information content (AvgIpc) is 3.00. The van der Waals surface area contributed by atoms with Gasteiger partial charge in [0.05, 0.1) is 12.6 Å². The van der Waals surface area contributed by atoms with Crippen molar-refractivity contribution in [1.82, 2.24) is 15.5 Å². The lowest BCUT2D eigenvalue weighted by atomic mass is 9.96. The molecule has 2 heterocycles. The molecule has 2 aliphatic heterocycles. The molecule has 2 amide bonds. The average molecular weight is 388 g/mol. The topological polar surface area (TPSA) is 61.4 Å². The summed E-state index contributed by atoms with van der Waals surface area (Å²) in [7, 11) is 0. The lowest BCUT2D eigenvalue weighted by Crippen LogP contribution is -2.45. The smallest absolute Gasteiger partial charge is 0.262 e. The van der Waals surface area contributed by atoms with Gasteiger partial charge in [-0.05, 0) is 30.9 Å². The van der Waals surface area contributed by atoms with E-state index >= 15 is 0 Å². The highest BCUT2D eigenvalue weighted by molar-refractivity contribution is 5.94. The second-order valence-corrected chi connectivity index (χ2v) is 6.84. The first kappa shape index (κ1) is 20.6. The minimum absolute atomic E-state index is 0. The van der Waals surface area contributed by atoms with E-state index in [2.05, 4.69) is 10.6 Å². The number of alkyl halides is 2. The van der Waals surface area contributed by atoms with Gasteiger partial charge in [0, 0.05) is 31.6 Å². The molecule has 0 aliphatic carbocycles. The van der Waals surface area contributed by atoms with Crippen molar-refractivity contribution in [3.8, 4) is 0 Å². The van der Waals surface area contributed by atoms with E-state index in [0.717, 1.165) is 12.8 Å². The number of halogens is 3. The van der Waals surface area contributed by atoms with Crippen molar-refractivity contribution in [2.45, 2.75) is 31.2 Å². The molecule has 1 unspecified atom stereocenters. The summed E-state index contributed by atoms with van der Waals surface area (Å²) in [5.74, 6) is -2.86. The van der Waals surface area contributed by atoms with Crippen molar-refractivity contribution in [1.29, 1.82) is 0 Å². The zero-order chi connectivity index (χ0) is 17.9. The summed E-state index contributed by atoms with van der Waals surface area (Å²) in [5.41, 5.74) is 0.683. The molecule has 5 nitrogen and oxygen atoms in total. The summed E-state index contributed by atoms with van der Waals surface area (Å²) >= 11 is 0. The molecule has 1 atom stereocenters. The van der Waals surface area contributed by atoms with E-state index < -0.39 is 24.9 Å². The fourth-order valence-electron chi connectivity index (χ4n) is 3.37. The van der Waals surface area contributed by atoms with Crippen molar-refractivity contribution in [2.75, 3.05) is 26.2 Å². The first-order valence-corrected chi connectivity index (χ1v) is 8.68. The monoisotopic (exact) mass is 387 g/mol. The van der Waals surface area contributed by atoms with E-state index in [0.29, 0.717) is 25.2 Å². The van der Waals surface area contributed by atoms with E-state index in [9.17, 15) is 18.4 Å². The molecule has 0 saturated carbocycles. The molecular formula is C18H24ClF2N3O2. The third kappa shape index (κ3) is 5.14. The molecule has 144 valence electrons. The van der Waals surface area contributed by atoms with E-state index in [1.807, 2.05) is 23.1 Å². The van der Waals surface area contributed by atoms with Crippen molar-refractivity contribution >= 4 is 24.2 Å². The predicted octanol–water partition coefficient (Wildman–Crippen LogP) is 2.07. The fourth-order valence-corrected chi connectivity index (χ4v) is 3.37. The number of carbonyl (C=O) groups is 2. The van der Waals surface area contributed by atoms with Gasteiger partial charge < -0.3 is 10.2 Å². The summed E-state index contributed by atoms with van der Waals surface area (Å²) in [6, 6.07) is 8.36. The van der Waals surface area contributed by atoms with E-state index in [4.69, 9.17) is 0 Å². The summed E-state index contributed by atoms with van der Waals surface area (Å²) < 4.78 is 26.3. The molecule has 2 fully saturated rings. The summed E-state index contributed by atoms with van der Waals surface area (Å²) in [6.45, 7) is 1.32. The summed E-state index contributed by atoms with van der Waals surface area (Å²) in [5, 5.41) is 5.33. The Labute approximate surface area is 157 Å². The van der Waals surface area contributed by atoms with Gasteiger partial charge in [0.2, 0.25) is 5.91 Å². The Morgan fingerprint density at radius 3 is 2.42 bits per heavy atom. The molecule has 2 aliphatic rings. The SMILES string of the molecule is Cl.O=C(NCC1CCN(C(=O)c2ccccc2)CC1)C1CC(F)(F)CN1. The number of hydrogen-bond donors (Lipinski definition) is 2. The van der Waals surface area contributed by atoms with Gasteiger partial charge in [0.25, 0.3) is 11.8 Å². The highest BCUT2D eigenvalue weighted by atomic mass is 35.5. The van der Waals surface area contributed by atoms with Crippen molar-refractivity contribution < 1.29 is 18.4 Å². The molecule has 0 aromatic heterocycles. The molecular weight excluding hydrogens is 364 g/mol. The zero-order valence-electron chi connectivity index (χ0n) is 14.4. The number of amides is 2. The van der Waals surface area contributed by atoms with Crippen LogP contribution in [-0.4, -0.2) is 54.9 Å². The van der Waals surface area contributed by atoms with E-state index in [1.165, 1.54) is 0 Å². The van der Waals surface area contributed by atoms with Crippen molar-refractivity contribution in [3.05, 3.63) is 35.9 Å². The molecule has 1 aromatic carbocycles. The summed E-state index contributed by atoms with van der Waals surface area (Å²) in [6.07, 6.45) is 1.16. The van der Waals surface area contributed by atoms with Crippen LogP contribution >= 0.6 is 12.4 Å². The lowest BCUT2D eigenvalue weighted by molar-refractivity contribution is -0.123. The number of hydrogen-bond acceptors (Lipinski definition) is 3. The number of nitrogens with zero attached hydrogens (tertiary/aromatic N) is 1. The lowest BCUT2D eigenvalue weighted by Gasteiger charge is -2.32. The second kappa shape index (κ2) is 8.77. The molecule has 26 heavy (non-hydrogen) atoms. The van der Waals surface area contributed by atoms with Crippen molar-refractivity contribution in [3.63, 3.8) is 0 Å². The van der Waals surface area contributed by atoms with Gasteiger partial charge in [-0.15, -0.1) is 12.4 Å². The number of benzene rings is 1. The highest BCUT2D eigenvalue weighted by Crippen LogP contribution is 2.25. The Balaban J connectivity index is 0.00000243. The van der Waals surface area contributed by atoms with Gasteiger partial charge in [0.15, 0.2) is 0 Å². The molecule has 0 radical (unpaired) electrons. The van der Waals surface area contributed by atoms with Crippen molar-refractivity contribution in [2.24, 2.45) is 5.92 Å². The number of likely N-dealkylation sites (tertiary alicyclic amines) is 1. The van der Waals surface area contributed by atoms with Gasteiger partial charge in [-0.25, -0.2) is 8.78 Å². The van der Waals surface area contributed by atoms with Gasteiger partial charge >= 0.3 is 0 Å². The standard InChI is InChI=1S/C18H23F2N3O2.ClH/c19-18(20)10-15(22-12-18)16(24)21-11-13-6-8-23(9-7-13)17(25)14-4-2-1-3-5-14;/h1-5,13,15,22H,6-12H2,(H,21,24);1H. The van der Waals surface area contributed by atoms with Crippen LogP contribution in [0, 0.1) is 5.92 Å². The van der Waals surface area contributed by atoms with Crippen LogP contribution < -0.4 is 10.6 Å². The molecule has 8 heteroatoms. The van der Waals surface area contributed by atoms with E-state index in [-0.39, 0.29) is 30.1 Å².